The summed E-state index contributed by atoms with van der Waals surface area (Å²) in [6, 6.07) is 7.31. The van der Waals surface area contributed by atoms with Crippen LogP contribution in [0, 0.1) is 5.92 Å². The highest BCUT2D eigenvalue weighted by molar-refractivity contribution is 6.30. The molecule has 0 radical (unpaired) electrons. The van der Waals surface area contributed by atoms with E-state index in [1.165, 1.54) is 6.07 Å². The Kier molecular flexibility index (Phi) is 6.95. The zero-order chi connectivity index (χ0) is 20.0. The monoisotopic (exact) mass is 393 g/mol. The van der Waals surface area contributed by atoms with Crippen molar-refractivity contribution >= 4 is 29.4 Å². The number of carbonyl (C=O) groups is 3. The van der Waals surface area contributed by atoms with Crippen LogP contribution in [0.4, 0.5) is 0 Å². The van der Waals surface area contributed by atoms with Crippen LogP contribution < -0.4 is 10.6 Å². The van der Waals surface area contributed by atoms with Gasteiger partial charge in [0.2, 0.25) is 11.7 Å². The Balaban J connectivity index is 1.92. The Hall–Kier alpha value is -2.87. The van der Waals surface area contributed by atoms with Gasteiger partial charge < -0.3 is 20.3 Å². The summed E-state index contributed by atoms with van der Waals surface area (Å²) in [6.45, 7) is 3.32. The second kappa shape index (κ2) is 9.18. The van der Waals surface area contributed by atoms with E-state index in [1.807, 2.05) is 13.8 Å². The van der Waals surface area contributed by atoms with Crippen molar-refractivity contribution in [2.24, 2.45) is 5.92 Å². The number of aliphatic carboxylic acids is 1. The average molecular weight is 394 g/mol. The number of hydrogen-bond acceptors (Lipinski definition) is 5. The minimum Gasteiger partial charge on any atom is -0.480 e. The number of nitrogens with zero attached hydrogens (tertiary/aromatic N) is 1. The molecule has 0 spiro atoms. The second-order valence-corrected chi connectivity index (χ2v) is 6.79. The molecule has 1 atom stereocenters. The second-order valence-electron chi connectivity index (χ2n) is 6.36. The quantitative estimate of drug-likeness (QED) is 0.632. The van der Waals surface area contributed by atoms with E-state index < -0.39 is 23.8 Å². The largest absolute Gasteiger partial charge is 0.480 e. The van der Waals surface area contributed by atoms with Crippen LogP contribution in [-0.4, -0.2) is 40.6 Å². The SMILES string of the molecule is CC(C)C[C@H](NC(=O)CNC(=O)c1cc(-c2cccc(Cl)c2)no1)C(=O)O. The number of hydrogen-bond donors (Lipinski definition) is 3. The molecule has 2 amide bonds. The van der Waals surface area contributed by atoms with Gasteiger partial charge >= 0.3 is 5.97 Å². The van der Waals surface area contributed by atoms with E-state index in [0.29, 0.717) is 22.7 Å². The molecule has 0 aliphatic rings. The topological polar surface area (TPSA) is 122 Å². The number of carboxylic acid groups (broad SMARTS) is 1. The van der Waals surface area contributed by atoms with Crippen LogP contribution in [0.5, 0.6) is 0 Å². The van der Waals surface area contributed by atoms with Gasteiger partial charge in [0.1, 0.15) is 11.7 Å². The summed E-state index contributed by atoms with van der Waals surface area (Å²) >= 11 is 5.92. The smallest absolute Gasteiger partial charge is 0.326 e. The van der Waals surface area contributed by atoms with Gasteiger partial charge in [0.05, 0.1) is 6.54 Å². The molecule has 9 heteroatoms. The van der Waals surface area contributed by atoms with Gasteiger partial charge in [-0.25, -0.2) is 4.79 Å². The molecule has 27 heavy (non-hydrogen) atoms. The van der Waals surface area contributed by atoms with Crippen LogP contribution in [0.2, 0.25) is 5.02 Å². The molecule has 3 N–H and O–H groups in total. The lowest BCUT2D eigenvalue weighted by Crippen LogP contribution is -2.46. The molecule has 2 rings (SSSR count). The number of amides is 2. The van der Waals surface area contributed by atoms with Crippen molar-refractivity contribution in [2.45, 2.75) is 26.3 Å². The molecule has 0 aliphatic heterocycles. The molecule has 8 nitrogen and oxygen atoms in total. The number of halogens is 1. The molecular formula is C18H20ClN3O5. The van der Waals surface area contributed by atoms with Crippen LogP contribution in [0.3, 0.4) is 0 Å². The predicted octanol–water partition coefficient (Wildman–Crippen LogP) is 2.34. The van der Waals surface area contributed by atoms with Crippen LogP contribution in [0.25, 0.3) is 11.3 Å². The summed E-state index contributed by atoms with van der Waals surface area (Å²) in [4.78, 5) is 35.1. The van der Waals surface area contributed by atoms with Crippen LogP contribution in [0.1, 0.15) is 30.8 Å². The molecule has 0 saturated carbocycles. The highest BCUT2D eigenvalue weighted by Crippen LogP contribution is 2.22. The zero-order valence-electron chi connectivity index (χ0n) is 14.9. The third kappa shape index (κ3) is 6.10. The highest BCUT2D eigenvalue weighted by Gasteiger charge is 2.22. The zero-order valence-corrected chi connectivity index (χ0v) is 15.6. The molecule has 0 fully saturated rings. The maximum atomic E-state index is 12.1. The maximum absolute atomic E-state index is 12.1. The minimum atomic E-state index is -1.12. The van der Waals surface area contributed by atoms with Crippen molar-refractivity contribution in [2.75, 3.05) is 6.54 Å². The Morgan fingerprint density at radius 2 is 2.00 bits per heavy atom. The Morgan fingerprint density at radius 1 is 1.26 bits per heavy atom. The summed E-state index contributed by atoms with van der Waals surface area (Å²) in [5.41, 5.74) is 1.11. The van der Waals surface area contributed by atoms with Crippen molar-refractivity contribution < 1.29 is 24.0 Å². The molecular weight excluding hydrogens is 374 g/mol. The molecule has 2 aromatic rings. The molecule has 1 aromatic carbocycles. The van der Waals surface area contributed by atoms with Gasteiger partial charge in [0.15, 0.2) is 0 Å². The first-order chi connectivity index (χ1) is 12.8. The Morgan fingerprint density at radius 3 is 2.63 bits per heavy atom. The van der Waals surface area contributed by atoms with Gasteiger partial charge in [-0.05, 0) is 24.5 Å². The number of aromatic nitrogens is 1. The summed E-state index contributed by atoms with van der Waals surface area (Å²) in [5, 5.41) is 18.2. The van der Waals surface area contributed by atoms with Gasteiger partial charge in [-0.2, -0.15) is 0 Å². The lowest BCUT2D eigenvalue weighted by atomic mass is 10.0. The van der Waals surface area contributed by atoms with Crippen LogP contribution in [-0.2, 0) is 9.59 Å². The van der Waals surface area contributed by atoms with Crippen LogP contribution >= 0.6 is 11.6 Å². The number of carbonyl (C=O) groups excluding carboxylic acids is 2. The van der Waals surface area contributed by atoms with Crippen molar-refractivity contribution in [1.29, 1.82) is 0 Å². The van der Waals surface area contributed by atoms with Gasteiger partial charge in [-0.15, -0.1) is 0 Å². The van der Waals surface area contributed by atoms with Gasteiger partial charge in [0.25, 0.3) is 5.91 Å². The Bertz CT molecular complexity index is 834. The Labute approximate surface area is 160 Å². The number of rotatable bonds is 8. The fourth-order valence-corrected chi connectivity index (χ4v) is 2.54. The summed E-state index contributed by atoms with van der Waals surface area (Å²) in [6.07, 6.45) is 0.292. The van der Waals surface area contributed by atoms with E-state index in [-0.39, 0.29) is 18.2 Å². The summed E-state index contributed by atoms with van der Waals surface area (Å²) in [5.74, 6) is -2.34. The predicted molar refractivity (Wildman–Crippen MR) is 98.3 cm³/mol. The first kappa shape index (κ1) is 20.4. The van der Waals surface area contributed by atoms with Gasteiger partial charge in [-0.3, -0.25) is 9.59 Å². The van der Waals surface area contributed by atoms with Gasteiger partial charge in [0, 0.05) is 16.7 Å². The third-order valence-electron chi connectivity index (χ3n) is 3.60. The summed E-state index contributed by atoms with van der Waals surface area (Å²) < 4.78 is 4.99. The van der Waals surface area contributed by atoms with E-state index in [9.17, 15) is 14.4 Å². The van der Waals surface area contributed by atoms with Crippen molar-refractivity contribution in [1.82, 2.24) is 15.8 Å². The number of carboxylic acids is 1. The van der Waals surface area contributed by atoms with E-state index in [1.54, 1.807) is 24.3 Å². The molecule has 0 saturated heterocycles. The molecule has 1 heterocycles. The highest BCUT2D eigenvalue weighted by atomic mass is 35.5. The molecule has 0 unspecified atom stereocenters. The van der Waals surface area contributed by atoms with Crippen molar-refractivity contribution in [3.05, 3.63) is 41.1 Å². The normalized spacial score (nSPS) is 11.9. The van der Waals surface area contributed by atoms with E-state index >= 15 is 0 Å². The first-order valence-corrected chi connectivity index (χ1v) is 8.67. The number of benzene rings is 1. The van der Waals surface area contributed by atoms with Crippen LogP contribution in [0.15, 0.2) is 34.9 Å². The van der Waals surface area contributed by atoms with E-state index in [2.05, 4.69) is 15.8 Å². The third-order valence-corrected chi connectivity index (χ3v) is 3.84. The molecule has 0 bridgehead atoms. The van der Waals surface area contributed by atoms with Crippen molar-refractivity contribution in [3.63, 3.8) is 0 Å². The maximum Gasteiger partial charge on any atom is 0.326 e. The van der Waals surface area contributed by atoms with Crippen molar-refractivity contribution in [3.8, 4) is 11.3 Å². The van der Waals surface area contributed by atoms with E-state index in [0.717, 1.165) is 0 Å². The van der Waals surface area contributed by atoms with E-state index in [4.69, 9.17) is 21.2 Å². The average Bonchev–Trinajstić information content (AvgIpc) is 3.09. The molecule has 0 aliphatic carbocycles. The van der Waals surface area contributed by atoms with Gasteiger partial charge in [-0.1, -0.05) is 42.7 Å². The lowest BCUT2D eigenvalue weighted by molar-refractivity contribution is -0.142. The fourth-order valence-electron chi connectivity index (χ4n) is 2.35. The molecule has 144 valence electrons. The summed E-state index contributed by atoms with van der Waals surface area (Å²) in [7, 11) is 0. The lowest BCUT2D eigenvalue weighted by Gasteiger charge is -2.16. The molecule has 1 aromatic heterocycles. The number of nitrogens with one attached hydrogen (secondary N) is 2. The minimum absolute atomic E-state index is 0.0743. The fraction of sp³-hybridized carbons (Fsp3) is 0.333. The standard InChI is InChI=1S/C18H20ClN3O5/c1-10(2)6-14(18(25)26)21-16(23)9-20-17(24)15-8-13(22-27-15)11-4-3-5-12(19)7-11/h3-5,7-8,10,14H,6,9H2,1-2H3,(H,20,24)(H,21,23)(H,25,26)/t14-/m0/s1. The first-order valence-electron chi connectivity index (χ1n) is 8.29.